The predicted molar refractivity (Wildman–Crippen MR) is 150 cm³/mol. The Balaban J connectivity index is 1.68. The number of Topliss-reactive ketones (excluding diaryl/α,β-unsaturated/α-hetero) is 1. The number of fused-ring (bicyclic) bond motifs is 1. The first kappa shape index (κ1) is 29.2. The molecule has 8 nitrogen and oxygen atoms in total. The maximum atomic E-state index is 13.7. The van der Waals surface area contributed by atoms with Crippen LogP contribution in [0.5, 0.6) is 0 Å². The lowest BCUT2D eigenvalue weighted by atomic mass is 9.42. The molecule has 1 N–H and O–H groups in total. The standard InChI is InChI=1S/C33H40O8/c1-18-24(36)17-23-28(39-20(3)34)33-19(2)25(41-26(37)14-13-22-11-9-8-10-12-22)15-16-31(33,7)29(40-21(4)35)27(38)32(18,33)30(23,5)6/h8-14,18,23,25,27-29,38H,2,15-17H2,1,3-7H3/b14-13+/t18-,23+,25+,27+,28-,29+,31+,32?,33?/m1/s1. The molecule has 220 valence electrons. The molecule has 0 aromatic heterocycles. The third kappa shape index (κ3) is 3.62. The van der Waals surface area contributed by atoms with E-state index in [0.717, 1.165) is 5.56 Å². The lowest BCUT2D eigenvalue weighted by Gasteiger charge is -2.60. The molecule has 2 spiro atoms. The van der Waals surface area contributed by atoms with Gasteiger partial charge in [-0.2, -0.15) is 0 Å². The first-order valence-electron chi connectivity index (χ1n) is 14.4. The number of carbonyl (C=O) groups is 4. The van der Waals surface area contributed by atoms with Gasteiger partial charge in [0.05, 0.1) is 11.5 Å². The maximum absolute atomic E-state index is 13.7. The zero-order valence-corrected chi connectivity index (χ0v) is 24.6. The number of ketones is 1. The summed E-state index contributed by atoms with van der Waals surface area (Å²) in [4.78, 5) is 51.8. The second-order valence-corrected chi connectivity index (χ2v) is 13.1. The van der Waals surface area contributed by atoms with Crippen molar-refractivity contribution in [1.82, 2.24) is 0 Å². The van der Waals surface area contributed by atoms with Gasteiger partial charge in [0.15, 0.2) is 0 Å². The SMILES string of the molecule is C=C1[C@@H](OC(=O)/C=C/c2ccccc2)CC[C@@]2(C)[C@@H](OC(C)=O)[C@H](O)C34[C@H](C)C(=O)C[C@@H]([C@@H](OC(C)=O)C132)C4(C)C. The highest BCUT2D eigenvalue weighted by molar-refractivity contribution is 5.88. The number of hydrogen-bond acceptors (Lipinski definition) is 8. The molecule has 4 saturated carbocycles. The van der Waals surface area contributed by atoms with Gasteiger partial charge in [0, 0.05) is 49.0 Å². The van der Waals surface area contributed by atoms with Gasteiger partial charge in [-0.15, -0.1) is 0 Å². The zero-order chi connectivity index (χ0) is 30.1. The van der Waals surface area contributed by atoms with Crippen LogP contribution in [0.15, 0.2) is 48.6 Å². The maximum Gasteiger partial charge on any atom is 0.331 e. The first-order valence-corrected chi connectivity index (χ1v) is 14.4. The average molecular weight is 565 g/mol. The van der Waals surface area contributed by atoms with E-state index in [4.69, 9.17) is 14.2 Å². The molecular weight excluding hydrogens is 524 g/mol. The highest BCUT2D eigenvalue weighted by atomic mass is 16.6. The van der Waals surface area contributed by atoms with Gasteiger partial charge in [0.25, 0.3) is 0 Å². The van der Waals surface area contributed by atoms with Crippen molar-refractivity contribution < 1.29 is 38.5 Å². The molecule has 0 aliphatic heterocycles. The molecule has 8 heteroatoms. The fourth-order valence-electron chi connectivity index (χ4n) is 9.89. The van der Waals surface area contributed by atoms with Gasteiger partial charge in [0.1, 0.15) is 24.1 Å². The first-order chi connectivity index (χ1) is 19.2. The van der Waals surface area contributed by atoms with E-state index in [2.05, 4.69) is 6.58 Å². The van der Waals surface area contributed by atoms with Crippen LogP contribution in [0.4, 0.5) is 0 Å². The smallest absolute Gasteiger partial charge is 0.331 e. The fourth-order valence-corrected chi connectivity index (χ4v) is 9.89. The van der Waals surface area contributed by atoms with Crippen LogP contribution in [-0.4, -0.2) is 53.2 Å². The highest BCUT2D eigenvalue weighted by Crippen LogP contribution is 2.86. The minimum Gasteiger partial charge on any atom is -0.461 e. The highest BCUT2D eigenvalue weighted by Gasteiger charge is 2.91. The zero-order valence-electron chi connectivity index (χ0n) is 24.6. The summed E-state index contributed by atoms with van der Waals surface area (Å²) in [6, 6.07) is 9.37. The van der Waals surface area contributed by atoms with Gasteiger partial charge in [-0.05, 0) is 35.5 Å². The van der Waals surface area contributed by atoms with Crippen LogP contribution in [0.2, 0.25) is 0 Å². The lowest BCUT2D eigenvalue weighted by Crippen LogP contribution is -2.63. The van der Waals surface area contributed by atoms with Gasteiger partial charge in [-0.3, -0.25) is 14.4 Å². The van der Waals surface area contributed by atoms with Crippen molar-refractivity contribution in [3.63, 3.8) is 0 Å². The van der Waals surface area contributed by atoms with Crippen molar-refractivity contribution in [2.75, 3.05) is 0 Å². The van der Waals surface area contributed by atoms with Crippen molar-refractivity contribution in [1.29, 1.82) is 0 Å². The van der Waals surface area contributed by atoms with Gasteiger partial charge < -0.3 is 19.3 Å². The minimum absolute atomic E-state index is 0.0501. The second-order valence-electron chi connectivity index (χ2n) is 13.1. The largest absolute Gasteiger partial charge is 0.461 e. The summed E-state index contributed by atoms with van der Waals surface area (Å²) in [5.41, 5.74) is -2.81. The molecule has 0 radical (unpaired) electrons. The molecule has 4 aliphatic rings. The van der Waals surface area contributed by atoms with E-state index in [-0.39, 0.29) is 12.2 Å². The molecule has 5 rings (SSSR count). The van der Waals surface area contributed by atoms with E-state index >= 15 is 0 Å². The Bertz CT molecular complexity index is 1330. The van der Waals surface area contributed by atoms with Gasteiger partial charge >= 0.3 is 17.9 Å². The number of esters is 3. The van der Waals surface area contributed by atoms with Crippen molar-refractivity contribution in [3.8, 4) is 0 Å². The summed E-state index contributed by atoms with van der Waals surface area (Å²) in [5, 5.41) is 12.3. The summed E-state index contributed by atoms with van der Waals surface area (Å²) in [6.07, 6.45) is 0.0890. The Labute approximate surface area is 241 Å². The fraction of sp³-hybridized carbons (Fsp3) is 0.576. The van der Waals surface area contributed by atoms with E-state index in [1.165, 1.54) is 19.9 Å². The molecular formula is C33H40O8. The van der Waals surface area contributed by atoms with Crippen LogP contribution in [0.3, 0.4) is 0 Å². The number of hydrogen-bond donors (Lipinski definition) is 1. The Kier molecular flexibility index (Phi) is 6.88. The summed E-state index contributed by atoms with van der Waals surface area (Å²) in [7, 11) is 0. The third-order valence-electron chi connectivity index (χ3n) is 11.2. The van der Waals surface area contributed by atoms with E-state index in [0.29, 0.717) is 18.4 Å². The Morgan fingerprint density at radius 2 is 1.61 bits per heavy atom. The Morgan fingerprint density at radius 3 is 2.22 bits per heavy atom. The average Bonchev–Trinajstić information content (AvgIpc) is 3.13. The van der Waals surface area contributed by atoms with Gasteiger partial charge in [-0.25, -0.2) is 4.79 Å². The van der Waals surface area contributed by atoms with Gasteiger partial charge in [0.2, 0.25) is 0 Å². The second kappa shape index (κ2) is 9.65. The third-order valence-corrected chi connectivity index (χ3v) is 11.2. The minimum atomic E-state index is -1.25. The van der Waals surface area contributed by atoms with Gasteiger partial charge in [-0.1, -0.05) is 64.6 Å². The van der Waals surface area contributed by atoms with Crippen LogP contribution in [0, 0.1) is 33.5 Å². The normalized spacial score (nSPS) is 40.6. The molecule has 41 heavy (non-hydrogen) atoms. The summed E-state index contributed by atoms with van der Waals surface area (Å²) >= 11 is 0. The van der Waals surface area contributed by atoms with Crippen molar-refractivity contribution in [2.45, 2.75) is 85.2 Å². The molecule has 9 atom stereocenters. The quantitative estimate of drug-likeness (QED) is 0.242. The Hall–Kier alpha value is -3.26. The van der Waals surface area contributed by atoms with Crippen LogP contribution < -0.4 is 0 Å². The molecule has 0 amide bonds. The molecule has 0 heterocycles. The number of aliphatic hydroxyl groups is 1. The Morgan fingerprint density at radius 1 is 1.00 bits per heavy atom. The molecule has 2 bridgehead atoms. The van der Waals surface area contributed by atoms with E-state index < -0.39 is 75.8 Å². The van der Waals surface area contributed by atoms with E-state index in [9.17, 15) is 24.3 Å². The van der Waals surface area contributed by atoms with Crippen LogP contribution in [-0.2, 0) is 33.4 Å². The monoisotopic (exact) mass is 564 g/mol. The molecule has 1 aromatic rings. The molecule has 2 unspecified atom stereocenters. The number of rotatable bonds is 5. The van der Waals surface area contributed by atoms with Crippen molar-refractivity contribution in [3.05, 3.63) is 54.1 Å². The number of benzene rings is 1. The summed E-state index contributed by atoms with van der Waals surface area (Å²) in [5.74, 6) is -2.78. The summed E-state index contributed by atoms with van der Waals surface area (Å²) < 4.78 is 18.1. The lowest BCUT2D eigenvalue weighted by molar-refractivity contribution is -0.182. The van der Waals surface area contributed by atoms with Crippen molar-refractivity contribution in [2.24, 2.45) is 33.5 Å². The molecule has 1 aromatic carbocycles. The molecule has 0 saturated heterocycles. The predicted octanol–water partition coefficient (Wildman–Crippen LogP) is 4.44. The number of ether oxygens (including phenoxy) is 3. The number of aliphatic hydroxyl groups excluding tert-OH is 1. The summed E-state index contributed by atoms with van der Waals surface area (Å²) in [6.45, 7) is 14.9. The van der Waals surface area contributed by atoms with Crippen LogP contribution in [0.1, 0.15) is 66.4 Å². The number of carbonyl (C=O) groups excluding carboxylic acids is 4. The molecule has 4 fully saturated rings. The molecule has 4 aliphatic carbocycles. The van der Waals surface area contributed by atoms with E-state index in [1.54, 1.807) is 6.08 Å². The topological polar surface area (TPSA) is 116 Å². The van der Waals surface area contributed by atoms with Crippen molar-refractivity contribution >= 4 is 29.8 Å². The van der Waals surface area contributed by atoms with Crippen LogP contribution in [0.25, 0.3) is 6.08 Å². The van der Waals surface area contributed by atoms with E-state index in [1.807, 2.05) is 58.0 Å². The van der Waals surface area contributed by atoms with Crippen LogP contribution >= 0.6 is 0 Å².